The van der Waals surface area contributed by atoms with Gasteiger partial charge in [-0.05, 0) is 40.5 Å². The Kier molecular flexibility index (Phi) is 6.45. The van der Waals surface area contributed by atoms with E-state index in [9.17, 15) is 40.0 Å². The zero-order valence-electron chi connectivity index (χ0n) is 18.0. The highest BCUT2D eigenvalue weighted by Crippen LogP contribution is 2.48. The Bertz CT molecular complexity index is 687. The summed E-state index contributed by atoms with van der Waals surface area (Å²) in [4.78, 5) is 47.2. The van der Waals surface area contributed by atoms with E-state index in [0.717, 1.165) is 0 Å². The largest absolute Gasteiger partial charge is 0.389 e. The van der Waals surface area contributed by atoms with Crippen molar-refractivity contribution in [2.75, 3.05) is 0 Å². The molecule has 0 aromatic carbocycles. The highest BCUT2D eigenvalue weighted by atomic mass is 16.6. The molecule has 2 saturated carbocycles. The van der Waals surface area contributed by atoms with E-state index in [-0.39, 0.29) is 62.9 Å². The predicted molar refractivity (Wildman–Crippen MR) is 106 cm³/mol. The fourth-order valence-corrected chi connectivity index (χ4v) is 5.32. The van der Waals surface area contributed by atoms with Gasteiger partial charge in [0.05, 0.1) is 23.0 Å². The summed E-state index contributed by atoms with van der Waals surface area (Å²) in [5.74, 6) is -2.53. The second kappa shape index (κ2) is 7.96. The Balaban J connectivity index is 2.31. The molecule has 2 rings (SSSR count). The fourth-order valence-electron chi connectivity index (χ4n) is 5.32. The van der Waals surface area contributed by atoms with Crippen LogP contribution in [0.5, 0.6) is 0 Å². The van der Waals surface area contributed by atoms with Crippen molar-refractivity contribution in [2.24, 2.45) is 11.8 Å². The van der Waals surface area contributed by atoms with E-state index in [0.29, 0.717) is 0 Å². The van der Waals surface area contributed by atoms with Crippen LogP contribution in [0.15, 0.2) is 0 Å². The van der Waals surface area contributed by atoms with Gasteiger partial charge in [0.1, 0.15) is 11.6 Å². The number of hydrogen-bond donors (Lipinski definition) is 2. The minimum atomic E-state index is -1.55. The van der Waals surface area contributed by atoms with Gasteiger partial charge in [0.15, 0.2) is 0 Å². The van der Waals surface area contributed by atoms with E-state index in [1.165, 1.54) is 27.7 Å². The molecule has 6 atom stereocenters. The van der Waals surface area contributed by atoms with Crippen molar-refractivity contribution in [1.29, 1.82) is 0 Å². The van der Waals surface area contributed by atoms with E-state index in [1.54, 1.807) is 0 Å². The smallest absolute Gasteiger partial charge is 0.223 e. The van der Waals surface area contributed by atoms with Crippen LogP contribution in [0, 0.1) is 32.1 Å². The Morgan fingerprint density at radius 2 is 1.10 bits per heavy atom. The molecule has 10 heteroatoms. The lowest BCUT2D eigenvalue weighted by molar-refractivity contribution is -0.596. The summed E-state index contributed by atoms with van der Waals surface area (Å²) in [5, 5.41) is 45.1. The molecule has 30 heavy (non-hydrogen) atoms. The minimum Gasteiger partial charge on any atom is -0.389 e. The molecule has 0 radical (unpaired) electrons. The van der Waals surface area contributed by atoms with Gasteiger partial charge in [-0.3, -0.25) is 29.8 Å². The van der Waals surface area contributed by atoms with Gasteiger partial charge in [0.25, 0.3) is 0 Å². The summed E-state index contributed by atoms with van der Waals surface area (Å²) < 4.78 is 0. The normalized spacial score (nSPS) is 41.8. The van der Waals surface area contributed by atoms with Gasteiger partial charge in [0, 0.05) is 48.4 Å². The molecule has 2 aliphatic rings. The lowest BCUT2D eigenvalue weighted by Gasteiger charge is -2.44. The molecule has 0 aromatic heterocycles. The zero-order valence-corrected chi connectivity index (χ0v) is 18.0. The number of carbonyl (C=O) groups excluding carboxylic acids is 2. The van der Waals surface area contributed by atoms with Crippen molar-refractivity contribution >= 4 is 11.6 Å². The van der Waals surface area contributed by atoms with Crippen LogP contribution in [0.1, 0.15) is 79.1 Å². The number of ketones is 2. The molecule has 10 nitrogen and oxygen atoms in total. The van der Waals surface area contributed by atoms with Crippen LogP contribution in [0.25, 0.3) is 0 Å². The number of Topliss-reactive ketones (excluding diaryl/α,β-unsaturated/α-hetero) is 2. The molecule has 2 fully saturated rings. The molecule has 0 heterocycles. The van der Waals surface area contributed by atoms with Gasteiger partial charge >= 0.3 is 0 Å². The maximum Gasteiger partial charge on any atom is 0.223 e. The van der Waals surface area contributed by atoms with Crippen molar-refractivity contribution in [2.45, 2.75) is 101 Å². The molecule has 0 saturated heterocycles. The minimum absolute atomic E-state index is 0.0123. The standard InChI is InChI=1S/C20H32N2O8/c1-13(23)15-11-19(21(27)28,7-5-17(15,3)25)9-10-20(22(29)30)8-6-18(4,26)16(12-20)14(2)24/h15-16,25-26H,5-12H2,1-4H3. The van der Waals surface area contributed by atoms with Crippen LogP contribution in [0.3, 0.4) is 0 Å². The average Bonchev–Trinajstić information content (AvgIpc) is 2.60. The third-order valence-corrected chi connectivity index (χ3v) is 7.67. The van der Waals surface area contributed by atoms with Crippen LogP contribution in [0.2, 0.25) is 0 Å². The molecular formula is C20H32N2O8. The maximum atomic E-state index is 12.0. The summed E-state index contributed by atoms with van der Waals surface area (Å²) in [6.45, 7) is 5.55. The third kappa shape index (κ3) is 4.39. The quantitative estimate of drug-likeness (QED) is 0.460. The van der Waals surface area contributed by atoms with Crippen LogP contribution in [-0.4, -0.2) is 53.9 Å². The molecule has 0 aliphatic heterocycles. The lowest BCUT2D eigenvalue weighted by atomic mass is 9.62. The van der Waals surface area contributed by atoms with Crippen molar-refractivity contribution < 1.29 is 29.6 Å². The van der Waals surface area contributed by atoms with E-state index in [2.05, 4.69) is 0 Å². The molecule has 0 bridgehead atoms. The van der Waals surface area contributed by atoms with Gasteiger partial charge in [-0.1, -0.05) is 0 Å². The highest BCUT2D eigenvalue weighted by Gasteiger charge is 2.59. The second-order valence-electron chi connectivity index (χ2n) is 9.91. The third-order valence-electron chi connectivity index (χ3n) is 7.67. The fraction of sp³-hybridized carbons (Fsp3) is 0.900. The molecule has 0 aromatic rings. The first-order valence-corrected chi connectivity index (χ1v) is 10.3. The van der Waals surface area contributed by atoms with E-state index >= 15 is 0 Å². The topological polar surface area (TPSA) is 161 Å². The number of nitrogens with zero attached hydrogens (tertiary/aromatic N) is 2. The predicted octanol–water partition coefficient (Wildman–Crippen LogP) is 2.08. The van der Waals surface area contributed by atoms with Crippen LogP contribution >= 0.6 is 0 Å². The van der Waals surface area contributed by atoms with Crippen LogP contribution in [-0.2, 0) is 9.59 Å². The van der Waals surface area contributed by atoms with Gasteiger partial charge in [-0.15, -0.1) is 0 Å². The van der Waals surface area contributed by atoms with E-state index in [4.69, 9.17) is 0 Å². The maximum absolute atomic E-state index is 12.0. The monoisotopic (exact) mass is 428 g/mol. The first-order valence-electron chi connectivity index (χ1n) is 10.3. The lowest BCUT2D eigenvalue weighted by Crippen LogP contribution is -2.57. The van der Waals surface area contributed by atoms with Crippen molar-refractivity contribution in [1.82, 2.24) is 0 Å². The van der Waals surface area contributed by atoms with Crippen molar-refractivity contribution in [3.05, 3.63) is 20.2 Å². The number of nitro groups is 2. The van der Waals surface area contributed by atoms with Gasteiger partial charge < -0.3 is 10.2 Å². The second-order valence-corrected chi connectivity index (χ2v) is 9.91. The molecule has 170 valence electrons. The zero-order chi connectivity index (χ0) is 23.1. The molecule has 2 aliphatic carbocycles. The van der Waals surface area contributed by atoms with Crippen LogP contribution in [0.4, 0.5) is 0 Å². The summed E-state index contributed by atoms with van der Waals surface area (Å²) in [5.41, 5.74) is -5.80. The number of aliphatic hydroxyl groups is 2. The number of hydrogen-bond acceptors (Lipinski definition) is 8. The van der Waals surface area contributed by atoms with Gasteiger partial charge in [0.2, 0.25) is 11.1 Å². The Morgan fingerprint density at radius 3 is 1.33 bits per heavy atom. The van der Waals surface area contributed by atoms with Gasteiger partial charge in [-0.2, -0.15) is 0 Å². The van der Waals surface area contributed by atoms with Crippen molar-refractivity contribution in [3.63, 3.8) is 0 Å². The Morgan fingerprint density at radius 1 is 0.800 bits per heavy atom. The summed E-state index contributed by atoms with van der Waals surface area (Å²) in [6.07, 6.45) is -0.491. The summed E-state index contributed by atoms with van der Waals surface area (Å²) >= 11 is 0. The molecule has 2 N–H and O–H groups in total. The number of carbonyl (C=O) groups is 2. The van der Waals surface area contributed by atoms with Crippen molar-refractivity contribution in [3.8, 4) is 0 Å². The summed E-state index contributed by atoms with van der Waals surface area (Å²) in [6, 6.07) is 0. The SMILES string of the molecule is CC(=O)C1CC(CCC2([N+](=O)[O-])CCC(C)(O)C(C(C)=O)C2)([N+](=O)[O-])CCC1(C)O. The summed E-state index contributed by atoms with van der Waals surface area (Å²) in [7, 11) is 0. The average molecular weight is 428 g/mol. The molecule has 0 amide bonds. The Labute approximate surface area is 175 Å². The molecule has 6 unspecified atom stereocenters. The first kappa shape index (κ1) is 24.3. The van der Waals surface area contributed by atoms with E-state index in [1.807, 2.05) is 0 Å². The number of rotatable bonds is 7. The first-order chi connectivity index (χ1) is 13.6. The molecular weight excluding hydrogens is 396 g/mol. The van der Waals surface area contributed by atoms with Crippen LogP contribution < -0.4 is 0 Å². The van der Waals surface area contributed by atoms with Gasteiger partial charge in [-0.25, -0.2) is 0 Å². The van der Waals surface area contributed by atoms with E-state index < -0.39 is 44.0 Å². The Hall–Kier alpha value is -1.94. The molecule has 0 spiro atoms. The highest BCUT2D eigenvalue weighted by molar-refractivity contribution is 5.80.